The van der Waals surface area contributed by atoms with Gasteiger partial charge in [0.1, 0.15) is 0 Å². The summed E-state index contributed by atoms with van der Waals surface area (Å²) in [5.74, 6) is -0.827. The first-order valence-corrected chi connectivity index (χ1v) is 3.19. The van der Waals surface area contributed by atoms with Gasteiger partial charge in [0.15, 0.2) is 0 Å². The van der Waals surface area contributed by atoms with E-state index in [1.807, 2.05) is 0 Å². The number of carbonyl (C=O) groups excluding carboxylic acids is 2. The summed E-state index contributed by atoms with van der Waals surface area (Å²) in [6, 6.07) is 0. The molecular formula is C6H8N2O3. The molecule has 0 saturated carbocycles. The molecule has 0 unspecified atom stereocenters. The fourth-order valence-corrected chi connectivity index (χ4v) is 0.619. The van der Waals surface area contributed by atoms with E-state index >= 15 is 0 Å². The molecule has 1 N–H and O–H groups in total. The van der Waals surface area contributed by atoms with Gasteiger partial charge in [0, 0.05) is 12.2 Å². The average molecular weight is 156 g/mol. The quantitative estimate of drug-likeness (QED) is 0.436. The Morgan fingerprint density at radius 3 is 2.45 bits per heavy atom. The summed E-state index contributed by atoms with van der Waals surface area (Å²) in [5, 5.41) is 0.795. The highest BCUT2D eigenvalue weighted by Crippen LogP contribution is 1.98. The minimum absolute atomic E-state index is 0.386. The normalized spacial score (nSPS) is 16.6. The predicted molar refractivity (Wildman–Crippen MR) is 35.8 cm³/mol. The van der Waals surface area contributed by atoms with E-state index in [0.717, 1.165) is 5.01 Å². The number of nitrogens with zero attached hydrogens (tertiary/aromatic N) is 1. The minimum atomic E-state index is -0.413. The predicted octanol–water partition coefficient (Wildman–Crippen LogP) is -0.633. The summed E-state index contributed by atoms with van der Waals surface area (Å²) in [6.07, 6.45) is 2.35. The van der Waals surface area contributed by atoms with Gasteiger partial charge >= 0.3 is 0 Å². The lowest BCUT2D eigenvalue weighted by atomic mass is 10.6. The van der Waals surface area contributed by atoms with Crippen LogP contribution in [-0.4, -0.2) is 23.4 Å². The Balaban J connectivity index is 2.46. The number of amides is 2. The zero-order chi connectivity index (χ0) is 8.27. The molecule has 1 aliphatic heterocycles. The summed E-state index contributed by atoms with van der Waals surface area (Å²) < 4.78 is 0. The van der Waals surface area contributed by atoms with Crippen molar-refractivity contribution in [2.24, 2.45) is 0 Å². The summed E-state index contributed by atoms with van der Waals surface area (Å²) in [6.45, 7) is 2.13. The van der Waals surface area contributed by atoms with Crippen LogP contribution in [0.1, 0.15) is 6.92 Å². The van der Waals surface area contributed by atoms with Gasteiger partial charge in [-0.2, -0.15) is 5.01 Å². The van der Waals surface area contributed by atoms with Gasteiger partial charge in [0.25, 0.3) is 11.8 Å². The van der Waals surface area contributed by atoms with E-state index in [2.05, 4.69) is 10.4 Å². The molecule has 0 aromatic carbocycles. The second kappa shape index (κ2) is 3.27. The van der Waals surface area contributed by atoms with Crippen molar-refractivity contribution in [2.75, 3.05) is 6.61 Å². The molecule has 0 aromatic rings. The average Bonchev–Trinajstić information content (AvgIpc) is 2.29. The van der Waals surface area contributed by atoms with E-state index in [1.165, 1.54) is 12.2 Å². The van der Waals surface area contributed by atoms with E-state index in [0.29, 0.717) is 6.61 Å². The van der Waals surface area contributed by atoms with Crippen LogP contribution in [0.5, 0.6) is 0 Å². The number of imide groups is 1. The van der Waals surface area contributed by atoms with Crippen LogP contribution in [0, 0.1) is 0 Å². The summed E-state index contributed by atoms with van der Waals surface area (Å²) >= 11 is 0. The van der Waals surface area contributed by atoms with Gasteiger partial charge in [-0.3, -0.25) is 14.4 Å². The standard InChI is InChI=1S/C6H8N2O3/c1-2-11-7-8-5(9)3-4-6(8)10/h3-4,7H,2H2,1H3. The molecule has 0 aromatic heterocycles. The monoisotopic (exact) mass is 156 g/mol. The van der Waals surface area contributed by atoms with Crippen molar-refractivity contribution < 1.29 is 14.4 Å². The van der Waals surface area contributed by atoms with E-state index in [1.54, 1.807) is 6.92 Å². The van der Waals surface area contributed by atoms with Gasteiger partial charge in [-0.1, -0.05) is 0 Å². The van der Waals surface area contributed by atoms with Crippen LogP contribution in [0.2, 0.25) is 0 Å². The second-order valence-corrected chi connectivity index (χ2v) is 1.87. The first-order valence-electron chi connectivity index (χ1n) is 3.19. The Labute approximate surface area is 63.5 Å². The Kier molecular flexibility index (Phi) is 2.35. The molecule has 0 aliphatic carbocycles. The number of carbonyl (C=O) groups is 2. The second-order valence-electron chi connectivity index (χ2n) is 1.87. The maximum Gasteiger partial charge on any atom is 0.270 e. The van der Waals surface area contributed by atoms with E-state index in [4.69, 9.17) is 0 Å². The van der Waals surface area contributed by atoms with Crippen molar-refractivity contribution in [3.8, 4) is 0 Å². The first-order chi connectivity index (χ1) is 5.25. The molecule has 0 spiro atoms. The van der Waals surface area contributed by atoms with Gasteiger partial charge in [0.05, 0.1) is 6.61 Å². The highest BCUT2D eigenvalue weighted by atomic mass is 16.7. The lowest BCUT2D eigenvalue weighted by molar-refractivity contribution is -0.157. The van der Waals surface area contributed by atoms with Gasteiger partial charge in [-0.25, -0.2) is 0 Å². The first kappa shape index (κ1) is 7.90. The maximum atomic E-state index is 10.8. The van der Waals surface area contributed by atoms with Gasteiger partial charge in [0.2, 0.25) is 0 Å². The molecule has 0 atom stereocenters. The van der Waals surface area contributed by atoms with Crippen molar-refractivity contribution >= 4 is 11.8 Å². The molecule has 11 heavy (non-hydrogen) atoms. The number of hydrazine groups is 1. The highest BCUT2D eigenvalue weighted by Gasteiger charge is 2.22. The molecule has 1 heterocycles. The van der Waals surface area contributed by atoms with Crippen molar-refractivity contribution in [1.82, 2.24) is 10.6 Å². The largest absolute Gasteiger partial charge is 0.282 e. The summed E-state index contributed by atoms with van der Waals surface area (Å²) in [7, 11) is 0. The Bertz CT molecular complexity index is 194. The molecule has 0 bridgehead atoms. The third-order valence-electron chi connectivity index (χ3n) is 1.11. The molecular weight excluding hydrogens is 148 g/mol. The van der Waals surface area contributed by atoms with E-state index in [9.17, 15) is 9.59 Å². The fourth-order valence-electron chi connectivity index (χ4n) is 0.619. The zero-order valence-corrected chi connectivity index (χ0v) is 6.03. The Morgan fingerprint density at radius 1 is 1.45 bits per heavy atom. The number of rotatable bonds is 3. The molecule has 2 amide bonds. The van der Waals surface area contributed by atoms with Gasteiger partial charge in [-0.15, -0.1) is 5.59 Å². The van der Waals surface area contributed by atoms with Gasteiger partial charge < -0.3 is 0 Å². The van der Waals surface area contributed by atoms with Crippen LogP contribution in [-0.2, 0) is 14.4 Å². The highest BCUT2D eigenvalue weighted by molar-refractivity contribution is 6.12. The van der Waals surface area contributed by atoms with Crippen LogP contribution in [0.4, 0.5) is 0 Å². The van der Waals surface area contributed by atoms with Crippen LogP contribution >= 0.6 is 0 Å². The zero-order valence-electron chi connectivity index (χ0n) is 6.03. The molecule has 0 radical (unpaired) electrons. The number of hydrogen-bond acceptors (Lipinski definition) is 4. The lowest BCUT2D eigenvalue weighted by Gasteiger charge is -2.12. The molecule has 60 valence electrons. The van der Waals surface area contributed by atoms with Crippen molar-refractivity contribution in [3.05, 3.63) is 12.2 Å². The van der Waals surface area contributed by atoms with Crippen LogP contribution in [0.25, 0.3) is 0 Å². The van der Waals surface area contributed by atoms with Crippen molar-refractivity contribution in [1.29, 1.82) is 0 Å². The van der Waals surface area contributed by atoms with Crippen LogP contribution in [0.3, 0.4) is 0 Å². The number of hydrogen-bond donors (Lipinski definition) is 1. The SMILES string of the molecule is CCONN1C(=O)C=CC1=O. The minimum Gasteiger partial charge on any atom is -0.282 e. The molecule has 5 nitrogen and oxygen atoms in total. The fraction of sp³-hybridized carbons (Fsp3) is 0.333. The molecule has 5 heteroatoms. The third-order valence-corrected chi connectivity index (χ3v) is 1.11. The van der Waals surface area contributed by atoms with Crippen molar-refractivity contribution in [3.63, 3.8) is 0 Å². The lowest BCUT2D eigenvalue weighted by Crippen LogP contribution is -2.42. The molecule has 1 rings (SSSR count). The van der Waals surface area contributed by atoms with Crippen LogP contribution in [0.15, 0.2) is 12.2 Å². The van der Waals surface area contributed by atoms with E-state index < -0.39 is 11.8 Å². The maximum absolute atomic E-state index is 10.8. The van der Waals surface area contributed by atoms with Crippen LogP contribution < -0.4 is 5.59 Å². The molecule has 0 fully saturated rings. The Hall–Kier alpha value is -1.20. The topological polar surface area (TPSA) is 58.6 Å². The van der Waals surface area contributed by atoms with E-state index in [-0.39, 0.29) is 0 Å². The summed E-state index contributed by atoms with van der Waals surface area (Å²) in [5.41, 5.74) is 2.20. The smallest absolute Gasteiger partial charge is 0.270 e. The third kappa shape index (κ3) is 1.63. The molecule has 1 aliphatic rings. The summed E-state index contributed by atoms with van der Waals surface area (Å²) in [4.78, 5) is 26.2. The van der Waals surface area contributed by atoms with Gasteiger partial charge in [-0.05, 0) is 6.92 Å². The molecule has 0 saturated heterocycles. The Morgan fingerprint density at radius 2 is 2.00 bits per heavy atom. The number of nitrogens with one attached hydrogen (secondary N) is 1. The van der Waals surface area contributed by atoms with Crippen molar-refractivity contribution in [2.45, 2.75) is 6.92 Å².